The van der Waals surface area contributed by atoms with Gasteiger partial charge < -0.3 is 15.2 Å². The molecule has 4 nitrogen and oxygen atoms in total. The largest absolute Gasteiger partial charge is 0.493 e. The highest BCUT2D eigenvalue weighted by atomic mass is 79.9. The molecule has 1 aromatic rings. The van der Waals surface area contributed by atoms with Gasteiger partial charge in [0.2, 0.25) is 5.91 Å². The van der Waals surface area contributed by atoms with Gasteiger partial charge in [0.05, 0.1) is 12.6 Å². The Kier molecular flexibility index (Phi) is 5.43. The first-order chi connectivity index (χ1) is 9.61. The topological polar surface area (TPSA) is 58.6 Å². The number of ether oxygens (including phenoxy) is 1. The van der Waals surface area contributed by atoms with Crippen LogP contribution >= 0.6 is 15.9 Å². The van der Waals surface area contributed by atoms with Gasteiger partial charge in [0.15, 0.2) is 0 Å². The molecule has 1 aromatic carbocycles. The number of hydrogen-bond donors (Lipinski definition) is 2. The van der Waals surface area contributed by atoms with Crippen LogP contribution in [0.4, 0.5) is 0 Å². The highest BCUT2D eigenvalue weighted by molar-refractivity contribution is 9.10. The summed E-state index contributed by atoms with van der Waals surface area (Å²) in [5, 5.41) is 11.8. The summed E-state index contributed by atoms with van der Waals surface area (Å²) in [7, 11) is 0. The van der Waals surface area contributed by atoms with Crippen LogP contribution in [0.2, 0.25) is 0 Å². The van der Waals surface area contributed by atoms with Gasteiger partial charge in [-0.1, -0.05) is 22.0 Å². The third kappa shape index (κ3) is 4.21. The Morgan fingerprint density at radius 1 is 1.55 bits per heavy atom. The smallest absolute Gasteiger partial charge is 0.223 e. The lowest BCUT2D eigenvalue weighted by atomic mass is 10.1. The van der Waals surface area contributed by atoms with E-state index in [4.69, 9.17) is 9.84 Å². The van der Waals surface area contributed by atoms with Crippen LogP contribution < -0.4 is 10.1 Å². The summed E-state index contributed by atoms with van der Waals surface area (Å²) < 4.78 is 6.63. The van der Waals surface area contributed by atoms with Crippen LogP contribution in [0.15, 0.2) is 22.7 Å². The van der Waals surface area contributed by atoms with Crippen molar-refractivity contribution in [1.29, 1.82) is 0 Å². The quantitative estimate of drug-likeness (QED) is 0.749. The molecule has 20 heavy (non-hydrogen) atoms. The lowest BCUT2D eigenvalue weighted by Gasteiger charge is -2.18. The van der Waals surface area contributed by atoms with Crippen molar-refractivity contribution in [2.45, 2.75) is 32.2 Å². The van der Waals surface area contributed by atoms with Crippen LogP contribution in [0.1, 0.15) is 37.8 Å². The Morgan fingerprint density at radius 3 is 2.95 bits per heavy atom. The number of nitrogens with one attached hydrogen (secondary N) is 1. The molecule has 0 spiro atoms. The van der Waals surface area contributed by atoms with Crippen molar-refractivity contribution in [1.82, 2.24) is 5.32 Å². The van der Waals surface area contributed by atoms with Gasteiger partial charge in [-0.05, 0) is 31.9 Å². The van der Waals surface area contributed by atoms with Crippen LogP contribution in [-0.2, 0) is 4.79 Å². The third-order valence-electron chi connectivity index (χ3n) is 3.31. The average Bonchev–Trinajstić information content (AvgIpc) is 3.23. The molecule has 1 saturated carbocycles. The van der Waals surface area contributed by atoms with E-state index in [2.05, 4.69) is 21.2 Å². The van der Waals surface area contributed by atoms with E-state index in [0.29, 0.717) is 13.0 Å². The van der Waals surface area contributed by atoms with Gasteiger partial charge in [-0.25, -0.2) is 0 Å². The summed E-state index contributed by atoms with van der Waals surface area (Å²) in [6.07, 6.45) is 2.59. The van der Waals surface area contributed by atoms with E-state index in [1.807, 2.05) is 25.1 Å². The molecule has 0 heterocycles. The van der Waals surface area contributed by atoms with Gasteiger partial charge in [0.1, 0.15) is 5.75 Å². The number of rotatable bonds is 7. The number of hydrogen-bond acceptors (Lipinski definition) is 3. The maximum absolute atomic E-state index is 11.8. The second-order valence-electron chi connectivity index (χ2n) is 5.11. The molecular weight excluding hydrogens is 322 g/mol. The number of halogens is 1. The summed E-state index contributed by atoms with van der Waals surface area (Å²) in [6, 6.07) is 5.71. The normalized spacial score (nSPS) is 15.8. The molecule has 1 amide bonds. The van der Waals surface area contributed by atoms with Crippen LogP contribution in [0, 0.1) is 5.92 Å². The van der Waals surface area contributed by atoms with Crippen molar-refractivity contribution in [2.24, 2.45) is 5.92 Å². The highest BCUT2D eigenvalue weighted by Gasteiger charge is 2.30. The van der Waals surface area contributed by atoms with Crippen LogP contribution in [0.25, 0.3) is 0 Å². The number of carbonyl (C=O) groups excluding carboxylic acids is 1. The molecule has 5 heteroatoms. The van der Waals surface area contributed by atoms with Crippen molar-refractivity contribution in [3.63, 3.8) is 0 Å². The Bertz CT molecular complexity index is 474. The predicted molar refractivity (Wildman–Crippen MR) is 80.6 cm³/mol. The molecule has 2 N–H and O–H groups in total. The molecule has 110 valence electrons. The predicted octanol–water partition coefficient (Wildman–Crippen LogP) is 2.80. The molecule has 0 saturated heterocycles. The Hall–Kier alpha value is -1.07. The van der Waals surface area contributed by atoms with Crippen molar-refractivity contribution in [3.8, 4) is 5.75 Å². The maximum atomic E-state index is 11.8. The van der Waals surface area contributed by atoms with Crippen LogP contribution in [0.5, 0.6) is 5.75 Å². The number of carbonyl (C=O) groups is 1. The summed E-state index contributed by atoms with van der Waals surface area (Å²) in [4.78, 5) is 11.8. The van der Waals surface area contributed by atoms with Gasteiger partial charge >= 0.3 is 0 Å². The number of benzene rings is 1. The lowest BCUT2D eigenvalue weighted by molar-refractivity contribution is -0.122. The lowest BCUT2D eigenvalue weighted by Crippen LogP contribution is -2.28. The van der Waals surface area contributed by atoms with Crippen molar-refractivity contribution in [2.75, 3.05) is 13.2 Å². The van der Waals surface area contributed by atoms with Crippen molar-refractivity contribution < 1.29 is 14.6 Å². The monoisotopic (exact) mass is 341 g/mol. The van der Waals surface area contributed by atoms with Gasteiger partial charge in [-0.3, -0.25) is 4.79 Å². The summed E-state index contributed by atoms with van der Waals surface area (Å²) in [5.41, 5.74) is 0.958. The summed E-state index contributed by atoms with van der Waals surface area (Å²) in [6.45, 7) is 2.53. The van der Waals surface area contributed by atoms with Gasteiger partial charge in [-0.2, -0.15) is 0 Å². The Morgan fingerprint density at radius 2 is 2.30 bits per heavy atom. The van der Waals surface area contributed by atoms with E-state index < -0.39 is 0 Å². The average molecular weight is 342 g/mol. The number of amides is 1. The fourth-order valence-electron chi connectivity index (χ4n) is 1.99. The number of aliphatic hydroxyl groups excluding tert-OH is 1. The zero-order valence-corrected chi connectivity index (χ0v) is 13.1. The maximum Gasteiger partial charge on any atom is 0.223 e. The standard InChI is InChI=1S/C15H20BrNO3/c1-10(17-15(19)11-3-4-11)13-6-5-12(16)9-14(13)20-8-2-7-18/h5-6,9-11,18H,2-4,7-8H2,1H3,(H,17,19)/t10-/m1/s1. The molecule has 1 aliphatic rings. The molecule has 1 fully saturated rings. The fraction of sp³-hybridized carbons (Fsp3) is 0.533. The SMILES string of the molecule is C[C@@H](NC(=O)C1CC1)c1ccc(Br)cc1OCCCO. The first-order valence-electron chi connectivity index (χ1n) is 6.95. The Labute approximate surface area is 127 Å². The Balaban J connectivity index is 2.05. The third-order valence-corrected chi connectivity index (χ3v) is 3.80. The number of aliphatic hydroxyl groups is 1. The summed E-state index contributed by atoms with van der Waals surface area (Å²) in [5.74, 6) is 1.07. The fourth-order valence-corrected chi connectivity index (χ4v) is 2.33. The zero-order valence-electron chi connectivity index (χ0n) is 11.6. The van der Waals surface area contributed by atoms with Gasteiger partial charge in [-0.15, -0.1) is 0 Å². The second-order valence-corrected chi connectivity index (χ2v) is 6.03. The molecular formula is C15H20BrNO3. The molecule has 0 bridgehead atoms. The molecule has 0 radical (unpaired) electrons. The van der Waals surface area contributed by atoms with Crippen molar-refractivity contribution >= 4 is 21.8 Å². The minimum absolute atomic E-state index is 0.0830. The highest BCUT2D eigenvalue weighted by Crippen LogP contribution is 2.32. The van der Waals surface area contributed by atoms with E-state index in [9.17, 15) is 4.79 Å². The van der Waals surface area contributed by atoms with Crippen LogP contribution in [-0.4, -0.2) is 24.2 Å². The molecule has 0 aliphatic heterocycles. The van der Waals surface area contributed by atoms with Crippen LogP contribution in [0.3, 0.4) is 0 Å². The van der Waals surface area contributed by atoms with Gasteiger partial charge in [0, 0.05) is 29.0 Å². The van der Waals surface area contributed by atoms with E-state index >= 15 is 0 Å². The molecule has 0 unspecified atom stereocenters. The van der Waals surface area contributed by atoms with E-state index in [1.165, 1.54) is 0 Å². The molecule has 2 rings (SSSR count). The summed E-state index contributed by atoms with van der Waals surface area (Å²) >= 11 is 3.42. The van der Waals surface area contributed by atoms with Gasteiger partial charge in [0.25, 0.3) is 0 Å². The molecule has 0 aromatic heterocycles. The molecule has 1 atom stereocenters. The van der Waals surface area contributed by atoms with Crippen molar-refractivity contribution in [3.05, 3.63) is 28.2 Å². The van der Waals surface area contributed by atoms with E-state index in [-0.39, 0.29) is 24.5 Å². The zero-order chi connectivity index (χ0) is 14.5. The molecule has 1 aliphatic carbocycles. The second kappa shape index (κ2) is 7.09. The minimum atomic E-state index is -0.0830. The van der Waals surface area contributed by atoms with E-state index in [1.54, 1.807) is 0 Å². The first kappa shape index (κ1) is 15.3. The van der Waals surface area contributed by atoms with E-state index in [0.717, 1.165) is 28.6 Å². The minimum Gasteiger partial charge on any atom is -0.493 e. The first-order valence-corrected chi connectivity index (χ1v) is 7.74.